The van der Waals surface area contributed by atoms with E-state index >= 15 is 0 Å². The maximum atomic E-state index is 13.4. The van der Waals surface area contributed by atoms with Gasteiger partial charge in [-0.2, -0.15) is 4.31 Å². The summed E-state index contributed by atoms with van der Waals surface area (Å²) in [5.41, 5.74) is 0. The molecule has 1 aromatic carbocycles. The van der Waals surface area contributed by atoms with Crippen molar-refractivity contribution in [1.29, 1.82) is 0 Å². The van der Waals surface area contributed by atoms with E-state index in [0.717, 1.165) is 37.9 Å². The van der Waals surface area contributed by atoms with Crippen molar-refractivity contribution < 1.29 is 12.8 Å². The van der Waals surface area contributed by atoms with Crippen LogP contribution in [0.5, 0.6) is 0 Å². The monoisotopic (exact) mass is 324 g/mol. The molecule has 0 N–H and O–H groups in total. The van der Waals surface area contributed by atoms with Gasteiger partial charge in [-0.1, -0.05) is 6.07 Å². The molecule has 0 spiro atoms. The summed E-state index contributed by atoms with van der Waals surface area (Å²) in [6.07, 6.45) is 4.43. The maximum Gasteiger partial charge on any atom is 0.243 e. The number of nitrogens with zero attached hydrogens (tertiary/aromatic N) is 2. The van der Waals surface area contributed by atoms with Crippen molar-refractivity contribution in [3.05, 3.63) is 30.1 Å². The van der Waals surface area contributed by atoms with E-state index in [2.05, 4.69) is 4.90 Å². The Kier molecular flexibility index (Phi) is 3.51. The van der Waals surface area contributed by atoms with Crippen LogP contribution in [-0.4, -0.2) is 49.3 Å². The van der Waals surface area contributed by atoms with Crippen molar-refractivity contribution in [2.24, 2.45) is 5.92 Å². The van der Waals surface area contributed by atoms with Crippen LogP contribution in [0.2, 0.25) is 0 Å². The minimum atomic E-state index is -3.58. The van der Waals surface area contributed by atoms with E-state index in [1.54, 1.807) is 4.31 Å². The fourth-order valence-corrected chi connectivity index (χ4v) is 5.69. The second-order valence-electron chi connectivity index (χ2n) is 6.72. The van der Waals surface area contributed by atoms with Gasteiger partial charge < -0.3 is 0 Å². The minimum absolute atomic E-state index is 0.0621. The molecule has 6 heteroatoms. The second-order valence-corrected chi connectivity index (χ2v) is 8.61. The summed E-state index contributed by atoms with van der Waals surface area (Å²) in [5, 5.41) is 0. The number of sulfonamides is 1. The molecule has 0 amide bonds. The Labute approximate surface area is 131 Å². The lowest BCUT2D eigenvalue weighted by Crippen LogP contribution is -2.40. The highest BCUT2D eigenvalue weighted by atomic mass is 32.2. The number of halogens is 1. The first-order chi connectivity index (χ1) is 10.6. The maximum absolute atomic E-state index is 13.4. The topological polar surface area (TPSA) is 40.6 Å². The van der Waals surface area contributed by atoms with Crippen LogP contribution in [0.4, 0.5) is 4.39 Å². The molecule has 120 valence electrons. The van der Waals surface area contributed by atoms with Gasteiger partial charge in [0, 0.05) is 31.7 Å². The highest BCUT2D eigenvalue weighted by molar-refractivity contribution is 7.89. The highest BCUT2D eigenvalue weighted by Gasteiger charge is 2.48. The molecule has 2 aliphatic heterocycles. The highest BCUT2D eigenvalue weighted by Crippen LogP contribution is 2.38. The zero-order valence-electron chi connectivity index (χ0n) is 12.5. The Morgan fingerprint density at radius 2 is 1.86 bits per heavy atom. The normalized spacial score (nSPS) is 29.9. The van der Waals surface area contributed by atoms with Gasteiger partial charge in [0.05, 0.1) is 4.90 Å². The van der Waals surface area contributed by atoms with Gasteiger partial charge in [-0.3, -0.25) is 4.90 Å². The molecular weight excluding hydrogens is 303 g/mol. The molecule has 0 aromatic heterocycles. The molecule has 1 aliphatic carbocycles. The summed E-state index contributed by atoms with van der Waals surface area (Å²) in [5.74, 6) is 0.325. The Bertz CT molecular complexity index is 674. The third kappa shape index (κ3) is 2.47. The van der Waals surface area contributed by atoms with Gasteiger partial charge in [-0.15, -0.1) is 0 Å². The quantitative estimate of drug-likeness (QED) is 0.851. The molecule has 4 nitrogen and oxygen atoms in total. The molecule has 0 radical (unpaired) electrons. The zero-order valence-corrected chi connectivity index (χ0v) is 13.3. The fraction of sp³-hybridized carbons (Fsp3) is 0.625. The van der Waals surface area contributed by atoms with Crippen LogP contribution < -0.4 is 0 Å². The number of likely N-dealkylation sites (tertiary alicyclic amines) is 1. The van der Waals surface area contributed by atoms with Crippen LogP contribution in [0.15, 0.2) is 29.2 Å². The molecule has 22 heavy (non-hydrogen) atoms. The van der Waals surface area contributed by atoms with Crippen molar-refractivity contribution in [3.63, 3.8) is 0 Å². The van der Waals surface area contributed by atoms with Crippen LogP contribution in [0, 0.1) is 11.7 Å². The van der Waals surface area contributed by atoms with E-state index in [1.165, 1.54) is 31.0 Å². The first-order valence-electron chi connectivity index (χ1n) is 8.07. The van der Waals surface area contributed by atoms with Gasteiger partial charge in [-0.25, -0.2) is 12.8 Å². The Morgan fingerprint density at radius 3 is 2.59 bits per heavy atom. The van der Waals surface area contributed by atoms with Crippen LogP contribution in [0.3, 0.4) is 0 Å². The lowest BCUT2D eigenvalue weighted by molar-refractivity contribution is 0.239. The molecule has 3 fully saturated rings. The van der Waals surface area contributed by atoms with Crippen LogP contribution >= 0.6 is 0 Å². The average molecular weight is 324 g/mol. The predicted molar refractivity (Wildman–Crippen MR) is 81.4 cm³/mol. The van der Waals surface area contributed by atoms with E-state index in [-0.39, 0.29) is 10.9 Å². The molecule has 0 bridgehead atoms. The van der Waals surface area contributed by atoms with Crippen LogP contribution in [0.1, 0.15) is 25.7 Å². The molecule has 2 heterocycles. The molecular formula is C16H21FN2O2S. The lowest BCUT2D eigenvalue weighted by atomic mass is 10.1. The van der Waals surface area contributed by atoms with Crippen molar-refractivity contribution >= 4 is 10.0 Å². The summed E-state index contributed by atoms with van der Waals surface area (Å²) in [6.45, 7) is 2.66. The van der Waals surface area contributed by atoms with Crippen molar-refractivity contribution in [2.75, 3.05) is 19.6 Å². The summed E-state index contributed by atoms with van der Waals surface area (Å²) in [4.78, 5) is 2.55. The number of hydrogen-bond acceptors (Lipinski definition) is 3. The van der Waals surface area contributed by atoms with Crippen molar-refractivity contribution in [3.8, 4) is 0 Å². The van der Waals surface area contributed by atoms with Gasteiger partial charge in [0.1, 0.15) is 5.82 Å². The summed E-state index contributed by atoms with van der Waals surface area (Å²) in [6, 6.07) is 5.76. The SMILES string of the molecule is O=S(=O)(c1cccc(F)c1)N1CC[C@@H]2[C@@H]1CCN2CC1CC1. The zero-order chi connectivity index (χ0) is 15.3. The summed E-state index contributed by atoms with van der Waals surface area (Å²) in [7, 11) is -3.58. The van der Waals surface area contributed by atoms with Crippen molar-refractivity contribution in [2.45, 2.75) is 42.7 Å². The lowest BCUT2D eigenvalue weighted by Gasteiger charge is -2.25. The fourth-order valence-electron chi connectivity index (χ4n) is 3.96. The third-order valence-corrected chi connectivity index (χ3v) is 7.15. The van der Waals surface area contributed by atoms with Gasteiger partial charge in [0.25, 0.3) is 0 Å². The van der Waals surface area contributed by atoms with Gasteiger partial charge in [0.2, 0.25) is 10.0 Å². The minimum Gasteiger partial charge on any atom is -0.298 e. The predicted octanol–water partition coefficient (Wildman–Crippen LogP) is 2.07. The smallest absolute Gasteiger partial charge is 0.243 e. The van der Waals surface area contributed by atoms with Gasteiger partial charge in [-0.05, 0) is 49.8 Å². The van der Waals surface area contributed by atoms with Crippen LogP contribution in [-0.2, 0) is 10.0 Å². The van der Waals surface area contributed by atoms with E-state index < -0.39 is 15.8 Å². The average Bonchev–Trinajstić information content (AvgIpc) is 3.05. The molecule has 3 aliphatic rings. The molecule has 4 rings (SSSR count). The summed E-state index contributed by atoms with van der Waals surface area (Å²) >= 11 is 0. The Balaban J connectivity index is 1.56. The number of hydrogen-bond donors (Lipinski definition) is 0. The second kappa shape index (κ2) is 5.28. The van der Waals surface area contributed by atoms with Crippen molar-refractivity contribution in [1.82, 2.24) is 9.21 Å². The molecule has 2 saturated heterocycles. The van der Waals surface area contributed by atoms with E-state index in [4.69, 9.17) is 0 Å². The van der Waals surface area contributed by atoms with E-state index in [9.17, 15) is 12.8 Å². The molecule has 1 aromatic rings. The van der Waals surface area contributed by atoms with Gasteiger partial charge in [0.15, 0.2) is 0 Å². The van der Waals surface area contributed by atoms with Crippen LogP contribution in [0.25, 0.3) is 0 Å². The first kappa shape index (κ1) is 14.6. The number of benzene rings is 1. The van der Waals surface area contributed by atoms with E-state index in [0.29, 0.717) is 12.6 Å². The number of fused-ring (bicyclic) bond motifs is 1. The van der Waals surface area contributed by atoms with E-state index in [1.807, 2.05) is 0 Å². The standard InChI is InChI=1S/C16H21FN2O2S/c17-13-2-1-3-14(10-13)22(20,21)19-9-7-15-16(19)6-8-18(15)11-12-4-5-12/h1-3,10,12,15-16H,4-9,11H2/t15-,16+/m1/s1. The third-order valence-electron chi connectivity index (χ3n) is 5.23. The number of rotatable bonds is 4. The summed E-state index contributed by atoms with van der Waals surface area (Å²) < 4.78 is 40.6. The largest absolute Gasteiger partial charge is 0.298 e. The van der Waals surface area contributed by atoms with Gasteiger partial charge >= 0.3 is 0 Å². The Morgan fingerprint density at radius 1 is 1.09 bits per heavy atom. The Hall–Kier alpha value is -0.980. The molecule has 2 atom stereocenters. The molecule has 0 unspecified atom stereocenters. The first-order valence-corrected chi connectivity index (χ1v) is 9.51. The molecule has 1 saturated carbocycles.